The van der Waals surface area contributed by atoms with Gasteiger partial charge < -0.3 is 4.74 Å². The highest BCUT2D eigenvalue weighted by molar-refractivity contribution is 9.10. The van der Waals surface area contributed by atoms with Crippen molar-refractivity contribution in [1.82, 2.24) is 9.97 Å². The Hall–Kier alpha value is -1.07. The van der Waals surface area contributed by atoms with Crippen LogP contribution in [0.5, 0.6) is 5.88 Å². The maximum atomic E-state index is 5.15. The van der Waals surface area contributed by atoms with Gasteiger partial charge >= 0.3 is 0 Å². The van der Waals surface area contributed by atoms with Crippen LogP contribution in [0.1, 0.15) is 11.1 Å². The van der Waals surface area contributed by atoms with Crippen molar-refractivity contribution in [2.75, 3.05) is 7.11 Å². The minimum atomic E-state index is 0.552. The van der Waals surface area contributed by atoms with E-state index in [2.05, 4.69) is 57.9 Å². The highest BCUT2D eigenvalue weighted by Gasteiger charge is 2.07. The number of halogens is 1. The van der Waals surface area contributed by atoms with Gasteiger partial charge in [0.1, 0.15) is 0 Å². The zero-order chi connectivity index (χ0) is 13.1. The Labute approximate surface area is 119 Å². The van der Waals surface area contributed by atoms with Gasteiger partial charge in [0.25, 0.3) is 0 Å². The molecule has 0 aliphatic heterocycles. The van der Waals surface area contributed by atoms with E-state index < -0.39 is 0 Å². The average Bonchev–Trinajstić information content (AvgIpc) is 2.36. The smallest absolute Gasteiger partial charge is 0.231 e. The summed E-state index contributed by atoms with van der Waals surface area (Å²) in [5.41, 5.74) is 2.55. The molecule has 1 aromatic heterocycles. The van der Waals surface area contributed by atoms with Crippen molar-refractivity contribution in [2.45, 2.75) is 23.9 Å². The fourth-order valence-electron chi connectivity index (χ4n) is 1.41. The van der Waals surface area contributed by atoms with Crippen molar-refractivity contribution in [1.29, 1.82) is 0 Å². The van der Waals surface area contributed by atoms with E-state index in [9.17, 15) is 0 Å². The number of aromatic nitrogens is 2. The molecule has 0 fully saturated rings. The van der Waals surface area contributed by atoms with Crippen molar-refractivity contribution in [2.24, 2.45) is 0 Å². The third-order valence-corrected chi connectivity index (χ3v) is 3.98. The molecule has 2 aromatic rings. The predicted octanol–water partition coefficient (Wildman–Crippen LogP) is 4.02. The lowest BCUT2D eigenvalue weighted by Gasteiger charge is -2.06. The number of methoxy groups -OCH3 is 1. The molecule has 0 amide bonds. The summed E-state index contributed by atoms with van der Waals surface area (Å²) < 4.78 is 5.91. The number of rotatable bonds is 3. The highest BCUT2D eigenvalue weighted by Crippen LogP contribution is 2.29. The first-order valence-electron chi connectivity index (χ1n) is 5.42. The second-order valence-electron chi connectivity index (χ2n) is 3.86. The first-order chi connectivity index (χ1) is 8.60. The molecule has 3 nitrogen and oxygen atoms in total. The fraction of sp³-hybridized carbons (Fsp3) is 0.231. The van der Waals surface area contributed by atoms with Crippen molar-refractivity contribution in [3.8, 4) is 5.88 Å². The van der Waals surface area contributed by atoms with Gasteiger partial charge in [-0.3, -0.25) is 0 Å². The van der Waals surface area contributed by atoms with Crippen LogP contribution in [0.3, 0.4) is 0 Å². The second kappa shape index (κ2) is 5.71. The minimum absolute atomic E-state index is 0.552. The zero-order valence-electron chi connectivity index (χ0n) is 10.4. The van der Waals surface area contributed by atoms with Crippen LogP contribution in [0.4, 0.5) is 0 Å². The summed E-state index contributed by atoms with van der Waals surface area (Å²) in [4.78, 5) is 9.71. The lowest BCUT2D eigenvalue weighted by molar-refractivity contribution is 0.389. The lowest BCUT2D eigenvalue weighted by atomic mass is 10.1. The van der Waals surface area contributed by atoms with E-state index in [0.717, 1.165) is 9.37 Å². The summed E-state index contributed by atoms with van der Waals surface area (Å²) in [5.74, 6) is 0.552. The Morgan fingerprint density at radius 2 is 2.00 bits per heavy atom. The molecular formula is C13H13BrN2OS. The fourth-order valence-corrected chi connectivity index (χ4v) is 2.58. The van der Waals surface area contributed by atoms with Gasteiger partial charge in [0.2, 0.25) is 5.88 Å². The van der Waals surface area contributed by atoms with Crippen LogP contribution < -0.4 is 4.74 Å². The standard InChI is InChI=1S/C13H13BrN2OS/c1-8-4-5-10(6-9(8)2)18-13-15-7-11(14)12(16-13)17-3/h4-7H,1-3H3. The molecule has 1 heterocycles. The van der Waals surface area contributed by atoms with Crippen LogP contribution >= 0.6 is 27.7 Å². The molecule has 0 atom stereocenters. The van der Waals surface area contributed by atoms with E-state index in [1.807, 2.05) is 0 Å². The van der Waals surface area contributed by atoms with Crippen LogP contribution in [0.2, 0.25) is 0 Å². The van der Waals surface area contributed by atoms with Crippen molar-refractivity contribution in [3.05, 3.63) is 40.0 Å². The first kappa shape index (κ1) is 13.4. The monoisotopic (exact) mass is 324 g/mol. The molecule has 5 heteroatoms. The van der Waals surface area contributed by atoms with Crippen LogP contribution in [0, 0.1) is 13.8 Å². The number of hydrogen-bond acceptors (Lipinski definition) is 4. The molecule has 0 aliphatic rings. The normalized spacial score (nSPS) is 10.4. The molecule has 0 N–H and O–H groups in total. The summed E-state index contributed by atoms with van der Waals surface area (Å²) in [6.07, 6.45) is 1.70. The quantitative estimate of drug-likeness (QED) is 0.799. The van der Waals surface area contributed by atoms with Gasteiger partial charge in [0, 0.05) is 11.1 Å². The van der Waals surface area contributed by atoms with Gasteiger partial charge in [-0.2, -0.15) is 4.98 Å². The topological polar surface area (TPSA) is 35.0 Å². The molecule has 0 saturated carbocycles. The third kappa shape index (κ3) is 3.03. The second-order valence-corrected chi connectivity index (χ2v) is 5.75. The maximum absolute atomic E-state index is 5.15. The number of benzene rings is 1. The zero-order valence-corrected chi connectivity index (χ0v) is 12.8. The largest absolute Gasteiger partial charge is 0.480 e. The Morgan fingerprint density at radius 1 is 1.22 bits per heavy atom. The molecule has 0 spiro atoms. The first-order valence-corrected chi connectivity index (χ1v) is 7.02. The number of ether oxygens (including phenoxy) is 1. The summed E-state index contributed by atoms with van der Waals surface area (Å²) >= 11 is 4.86. The van der Waals surface area contributed by atoms with Crippen molar-refractivity contribution in [3.63, 3.8) is 0 Å². The summed E-state index contributed by atoms with van der Waals surface area (Å²) in [5, 5.41) is 0.679. The van der Waals surface area contributed by atoms with Crippen LogP contribution in [0.15, 0.2) is 38.9 Å². The van der Waals surface area contributed by atoms with Crippen LogP contribution in [0.25, 0.3) is 0 Å². The van der Waals surface area contributed by atoms with Gasteiger partial charge in [0.15, 0.2) is 5.16 Å². The summed E-state index contributed by atoms with van der Waals surface area (Å²) in [6, 6.07) is 6.32. The summed E-state index contributed by atoms with van der Waals surface area (Å²) in [7, 11) is 1.59. The van der Waals surface area contributed by atoms with Gasteiger partial charge in [-0.05, 0) is 64.8 Å². The van der Waals surface area contributed by atoms with Gasteiger partial charge in [0.05, 0.1) is 11.6 Å². The highest BCUT2D eigenvalue weighted by atomic mass is 79.9. The Morgan fingerprint density at radius 3 is 2.67 bits per heavy atom. The average molecular weight is 325 g/mol. The molecule has 18 heavy (non-hydrogen) atoms. The van der Waals surface area contributed by atoms with E-state index in [1.165, 1.54) is 22.9 Å². The van der Waals surface area contributed by atoms with Crippen molar-refractivity contribution >= 4 is 27.7 Å². The van der Waals surface area contributed by atoms with Gasteiger partial charge in [-0.25, -0.2) is 4.98 Å². The number of aryl methyl sites for hydroxylation is 2. The molecule has 94 valence electrons. The van der Waals surface area contributed by atoms with E-state index in [-0.39, 0.29) is 0 Å². The minimum Gasteiger partial charge on any atom is -0.480 e. The van der Waals surface area contributed by atoms with Gasteiger partial charge in [-0.1, -0.05) is 6.07 Å². The Kier molecular flexibility index (Phi) is 4.24. The SMILES string of the molecule is COc1nc(Sc2ccc(C)c(C)c2)ncc1Br. The maximum Gasteiger partial charge on any atom is 0.231 e. The molecule has 2 rings (SSSR count). The molecule has 1 aromatic carbocycles. The molecule has 0 aliphatic carbocycles. The van der Waals surface area contributed by atoms with Crippen LogP contribution in [-0.2, 0) is 0 Å². The van der Waals surface area contributed by atoms with Crippen molar-refractivity contribution < 1.29 is 4.74 Å². The van der Waals surface area contributed by atoms with E-state index >= 15 is 0 Å². The van der Waals surface area contributed by atoms with Crippen LogP contribution in [-0.4, -0.2) is 17.1 Å². The molecule has 0 saturated heterocycles. The Balaban J connectivity index is 2.25. The third-order valence-electron chi connectivity index (χ3n) is 2.57. The van der Waals surface area contributed by atoms with E-state index in [4.69, 9.17) is 4.74 Å². The molecule has 0 bridgehead atoms. The summed E-state index contributed by atoms with van der Waals surface area (Å²) in [6.45, 7) is 4.20. The Bertz CT molecular complexity index is 575. The van der Waals surface area contributed by atoms with E-state index in [1.54, 1.807) is 13.3 Å². The van der Waals surface area contributed by atoms with Gasteiger partial charge in [-0.15, -0.1) is 0 Å². The molecular weight excluding hydrogens is 312 g/mol. The predicted molar refractivity (Wildman–Crippen MR) is 76.3 cm³/mol. The molecule has 0 unspecified atom stereocenters. The molecule has 0 radical (unpaired) electrons. The number of hydrogen-bond donors (Lipinski definition) is 0. The van der Waals surface area contributed by atoms with E-state index in [0.29, 0.717) is 11.0 Å². The lowest BCUT2D eigenvalue weighted by Crippen LogP contribution is -1.93. The number of nitrogens with zero attached hydrogens (tertiary/aromatic N) is 2.